The standard InChI is InChI=1S/C11H15N5O4.C11H14N4O4/c12-11-15-5-3(1-13-7(5)10(20)16-11)6-9(19)8(18)4(2-17)14-6;16-2-5-9(17)10(18)7(15-5)4-1-12-8-6(4)13-3-14-11(8)19/h1,4,6,8-9,13-14,17-19H,2H2,(H3,12,15,16,20);1,3,5,7,9-10,12,15-18H,2H2,(H,13,14,19). The van der Waals surface area contributed by atoms with Gasteiger partial charge < -0.3 is 62.0 Å². The molecule has 0 saturated carbocycles. The lowest BCUT2D eigenvalue weighted by Gasteiger charge is -2.14. The van der Waals surface area contributed by atoms with Gasteiger partial charge in [0.15, 0.2) is 0 Å². The first kappa shape index (κ1) is 26.9. The molecule has 210 valence electrons. The molecule has 2 aliphatic rings. The van der Waals surface area contributed by atoms with E-state index in [1.165, 1.54) is 12.5 Å². The molecule has 17 nitrogen and oxygen atoms in total. The number of nitrogens with zero attached hydrogens (tertiary/aromatic N) is 2. The Kier molecular flexibility index (Phi) is 7.23. The summed E-state index contributed by atoms with van der Waals surface area (Å²) in [4.78, 5) is 41.8. The maximum atomic E-state index is 11.7. The summed E-state index contributed by atoms with van der Waals surface area (Å²) in [5.41, 5.74) is 7.22. The Hall–Kier alpha value is -3.68. The molecule has 6 rings (SSSR count). The molecule has 8 atom stereocenters. The molecule has 2 aliphatic heterocycles. The number of rotatable bonds is 4. The molecule has 0 aliphatic carbocycles. The van der Waals surface area contributed by atoms with Crippen molar-refractivity contribution >= 4 is 28.0 Å². The van der Waals surface area contributed by atoms with Crippen LogP contribution >= 0.6 is 0 Å². The van der Waals surface area contributed by atoms with Gasteiger partial charge in [0, 0.05) is 23.5 Å². The minimum absolute atomic E-state index is 0.0323. The molecule has 8 unspecified atom stereocenters. The molecule has 14 N–H and O–H groups in total. The van der Waals surface area contributed by atoms with Gasteiger partial charge in [0.2, 0.25) is 5.95 Å². The summed E-state index contributed by atoms with van der Waals surface area (Å²) in [6, 6.07) is -2.48. The smallest absolute Gasteiger partial charge is 0.276 e. The minimum Gasteiger partial charge on any atom is -0.395 e. The van der Waals surface area contributed by atoms with Gasteiger partial charge in [-0.1, -0.05) is 0 Å². The molecular formula is C22H29N9O8. The first-order valence-electron chi connectivity index (χ1n) is 12.0. The number of aromatic nitrogens is 6. The maximum Gasteiger partial charge on any atom is 0.276 e. The van der Waals surface area contributed by atoms with Gasteiger partial charge in [-0.25, -0.2) is 9.97 Å². The van der Waals surface area contributed by atoms with Crippen LogP contribution in [-0.2, 0) is 0 Å². The van der Waals surface area contributed by atoms with Crippen LogP contribution in [0.3, 0.4) is 0 Å². The minimum atomic E-state index is -1.12. The number of hydrogen-bond acceptors (Lipinski definition) is 13. The van der Waals surface area contributed by atoms with Crippen LogP contribution in [0.5, 0.6) is 0 Å². The predicted octanol–water partition coefficient (Wildman–Crippen LogP) is -4.46. The summed E-state index contributed by atoms with van der Waals surface area (Å²) < 4.78 is 0. The first-order chi connectivity index (χ1) is 18.7. The van der Waals surface area contributed by atoms with E-state index in [1.54, 1.807) is 6.20 Å². The molecule has 0 aromatic carbocycles. The topological polar surface area (TPSA) is 295 Å². The van der Waals surface area contributed by atoms with Gasteiger partial charge in [0.25, 0.3) is 11.1 Å². The van der Waals surface area contributed by atoms with Gasteiger partial charge in [-0.2, -0.15) is 0 Å². The fourth-order valence-corrected chi connectivity index (χ4v) is 5.09. The highest BCUT2D eigenvalue weighted by Crippen LogP contribution is 2.32. The zero-order valence-corrected chi connectivity index (χ0v) is 20.2. The molecule has 0 bridgehead atoms. The van der Waals surface area contributed by atoms with Gasteiger partial charge >= 0.3 is 0 Å². The number of aliphatic hydroxyl groups excluding tert-OH is 6. The van der Waals surface area contributed by atoms with Crippen LogP contribution < -0.4 is 27.5 Å². The Morgan fingerprint density at radius 1 is 0.744 bits per heavy atom. The Labute approximate surface area is 217 Å². The van der Waals surface area contributed by atoms with Crippen molar-refractivity contribution in [2.24, 2.45) is 0 Å². The molecule has 39 heavy (non-hydrogen) atoms. The third-order valence-corrected chi connectivity index (χ3v) is 7.14. The summed E-state index contributed by atoms with van der Waals surface area (Å²) >= 11 is 0. The highest BCUT2D eigenvalue weighted by Gasteiger charge is 2.43. The van der Waals surface area contributed by atoms with Crippen molar-refractivity contribution in [2.45, 2.75) is 48.6 Å². The average Bonchev–Trinajstić information content (AvgIpc) is 3.66. The van der Waals surface area contributed by atoms with E-state index in [-0.39, 0.29) is 30.2 Å². The lowest BCUT2D eigenvalue weighted by atomic mass is 10.0. The first-order valence-corrected chi connectivity index (χ1v) is 12.0. The molecule has 2 saturated heterocycles. The van der Waals surface area contributed by atoms with E-state index in [4.69, 9.17) is 15.9 Å². The Balaban J connectivity index is 0.000000158. The number of hydrogen-bond donors (Lipinski definition) is 13. The number of nitrogens with one attached hydrogen (secondary N) is 6. The van der Waals surface area contributed by atoms with Gasteiger partial charge in [0.1, 0.15) is 34.3 Å². The van der Waals surface area contributed by atoms with Crippen LogP contribution in [0.25, 0.3) is 22.1 Å². The van der Waals surface area contributed by atoms with Crippen LogP contribution in [-0.4, -0.2) is 110 Å². The molecule has 0 radical (unpaired) electrons. The van der Waals surface area contributed by atoms with E-state index in [2.05, 4.69) is 40.5 Å². The van der Waals surface area contributed by atoms with Gasteiger partial charge in [-0.05, 0) is 0 Å². The van der Waals surface area contributed by atoms with Crippen molar-refractivity contribution < 1.29 is 30.6 Å². The number of fused-ring (bicyclic) bond motifs is 2. The maximum absolute atomic E-state index is 11.7. The zero-order valence-electron chi connectivity index (χ0n) is 20.2. The summed E-state index contributed by atoms with van der Waals surface area (Å²) in [6.07, 6.45) is 0.0189. The molecule has 17 heteroatoms. The predicted molar refractivity (Wildman–Crippen MR) is 135 cm³/mol. The number of aliphatic hydroxyl groups is 6. The van der Waals surface area contributed by atoms with E-state index in [1.807, 2.05) is 0 Å². The number of H-pyrrole nitrogens is 4. The molecule has 4 aromatic heterocycles. The Bertz CT molecular complexity index is 1580. The molecule has 6 heterocycles. The average molecular weight is 548 g/mol. The molecule has 0 amide bonds. The Morgan fingerprint density at radius 2 is 1.26 bits per heavy atom. The van der Waals surface area contributed by atoms with Crippen molar-refractivity contribution in [3.05, 3.63) is 50.6 Å². The van der Waals surface area contributed by atoms with Crippen LogP contribution in [0.1, 0.15) is 23.2 Å². The highest BCUT2D eigenvalue weighted by molar-refractivity contribution is 5.80. The summed E-state index contributed by atoms with van der Waals surface area (Å²) in [6.45, 7) is -0.599. The lowest BCUT2D eigenvalue weighted by molar-refractivity contribution is 0.0195. The normalized spacial score (nSPS) is 30.6. The zero-order chi connectivity index (χ0) is 28.0. The fraction of sp³-hybridized carbons (Fsp3) is 0.455. The van der Waals surface area contributed by atoms with Gasteiger partial charge in [-0.3, -0.25) is 14.6 Å². The highest BCUT2D eigenvalue weighted by atomic mass is 16.3. The number of anilines is 1. The Morgan fingerprint density at radius 3 is 1.77 bits per heavy atom. The van der Waals surface area contributed by atoms with Crippen LogP contribution in [0, 0.1) is 0 Å². The molecule has 2 fully saturated rings. The van der Waals surface area contributed by atoms with E-state index < -0.39 is 54.1 Å². The third kappa shape index (κ3) is 4.60. The lowest BCUT2D eigenvalue weighted by Crippen LogP contribution is -2.35. The van der Waals surface area contributed by atoms with E-state index in [0.29, 0.717) is 27.7 Å². The number of nitrogens with two attached hydrogens (primary N) is 1. The second kappa shape index (κ2) is 10.5. The quantitative estimate of drug-likeness (QED) is 0.115. The van der Waals surface area contributed by atoms with Crippen molar-refractivity contribution in [3.8, 4) is 0 Å². The van der Waals surface area contributed by atoms with Crippen molar-refractivity contribution in [2.75, 3.05) is 18.9 Å². The van der Waals surface area contributed by atoms with Gasteiger partial charge in [0.05, 0.1) is 55.9 Å². The van der Waals surface area contributed by atoms with Crippen molar-refractivity contribution in [3.63, 3.8) is 0 Å². The second-order valence-corrected chi connectivity index (χ2v) is 9.45. The largest absolute Gasteiger partial charge is 0.395 e. The summed E-state index contributed by atoms with van der Waals surface area (Å²) in [5, 5.41) is 63.7. The van der Waals surface area contributed by atoms with E-state index in [9.17, 15) is 30.0 Å². The third-order valence-electron chi connectivity index (χ3n) is 7.14. The van der Waals surface area contributed by atoms with Crippen molar-refractivity contribution in [1.29, 1.82) is 0 Å². The number of aromatic amines is 4. The number of nitrogen functional groups attached to an aromatic ring is 1. The van der Waals surface area contributed by atoms with Crippen LogP contribution in [0.2, 0.25) is 0 Å². The SMILES string of the molecule is Nc1nc2c(C3NC(CO)C(O)C3O)c[nH]c2c(=O)[nH]1.O=c1[nH]cnc2c(C3NC(CO)C(O)C3O)c[nH]c12. The second-order valence-electron chi connectivity index (χ2n) is 9.45. The monoisotopic (exact) mass is 547 g/mol. The molecule has 0 spiro atoms. The van der Waals surface area contributed by atoms with E-state index in [0.717, 1.165) is 0 Å². The van der Waals surface area contributed by atoms with E-state index >= 15 is 0 Å². The summed E-state index contributed by atoms with van der Waals surface area (Å²) in [7, 11) is 0. The molecule has 4 aromatic rings. The van der Waals surface area contributed by atoms with Gasteiger partial charge in [-0.15, -0.1) is 0 Å². The van der Waals surface area contributed by atoms with Crippen LogP contribution in [0.4, 0.5) is 5.95 Å². The summed E-state index contributed by atoms with van der Waals surface area (Å²) in [5.74, 6) is -0.0323. The van der Waals surface area contributed by atoms with Crippen LogP contribution in [0.15, 0.2) is 28.3 Å². The fourth-order valence-electron chi connectivity index (χ4n) is 5.09. The van der Waals surface area contributed by atoms with Crippen molar-refractivity contribution in [1.82, 2.24) is 40.5 Å². The molecular weight excluding hydrogens is 518 g/mol.